The van der Waals surface area contributed by atoms with E-state index in [9.17, 15) is 4.79 Å². The van der Waals surface area contributed by atoms with E-state index in [1.807, 2.05) is 55.4 Å². The van der Waals surface area contributed by atoms with Gasteiger partial charge in [0, 0.05) is 35.1 Å². The molecule has 0 radical (unpaired) electrons. The number of carbonyl (C=O) groups is 1. The Hall–Kier alpha value is -2.89. The van der Waals surface area contributed by atoms with Crippen LogP contribution in [0.3, 0.4) is 0 Å². The molecule has 0 saturated heterocycles. The monoisotopic (exact) mass is 409 g/mol. The Bertz CT molecular complexity index is 930. The molecular weight excluding hydrogens is 386 g/mol. The Balaban J connectivity index is 1.58. The quantitative estimate of drug-likeness (QED) is 0.601. The number of hydrogen-bond acceptors (Lipinski definition) is 4. The molecule has 29 heavy (non-hydrogen) atoms. The summed E-state index contributed by atoms with van der Waals surface area (Å²) in [6.45, 7) is 0.885. The predicted octanol–water partition coefficient (Wildman–Crippen LogP) is 4.35. The first-order valence-corrected chi connectivity index (χ1v) is 9.73. The molecule has 150 valence electrons. The Morgan fingerprint density at radius 2 is 1.86 bits per heavy atom. The molecule has 1 N–H and O–H groups in total. The van der Waals surface area contributed by atoms with Crippen LogP contribution >= 0.6 is 11.6 Å². The number of pyridine rings is 1. The van der Waals surface area contributed by atoms with E-state index < -0.39 is 0 Å². The summed E-state index contributed by atoms with van der Waals surface area (Å²) < 4.78 is 5.73. The summed E-state index contributed by atoms with van der Waals surface area (Å²) >= 11 is 6.33. The van der Waals surface area contributed by atoms with Gasteiger partial charge in [-0.05, 0) is 56.1 Å². The molecule has 0 aliphatic heterocycles. The number of amides is 1. The Labute approximate surface area is 176 Å². The molecule has 0 aliphatic carbocycles. The van der Waals surface area contributed by atoms with Gasteiger partial charge in [-0.2, -0.15) is 0 Å². The van der Waals surface area contributed by atoms with E-state index >= 15 is 0 Å². The second-order valence-corrected chi connectivity index (χ2v) is 7.29. The zero-order valence-electron chi connectivity index (χ0n) is 16.5. The molecular formula is C23H24ClN3O2. The summed E-state index contributed by atoms with van der Waals surface area (Å²) in [6, 6.07) is 18.6. The summed E-state index contributed by atoms with van der Waals surface area (Å²) in [5.41, 5.74) is 2.55. The third-order valence-corrected chi connectivity index (χ3v) is 4.93. The maximum atomic E-state index is 12.6. The molecule has 3 rings (SSSR count). The molecule has 2 aromatic carbocycles. The van der Waals surface area contributed by atoms with E-state index in [1.54, 1.807) is 36.7 Å². The van der Waals surface area contributed by atoms with E-state index in [4.69, 9.17) is 16.3 Å². The van der Waals surface area contributed by atoms with Crippen LogP contribution in [-0.4, -0.2) is 36.4 Å². The van der Waals surface area contributed by atoms with Gasteiger partial charge in [-0.3, -0.25) is 9.78 Å². The second kappa shape index (κ2) is 10.0. The smallest absolute Gasteiger partial charge is 0.251 e. The first-order valence-electron chi connectivity index (χ1n) is 9.35. The summed E-state index contributed by atoms with van der Waals surface area (Å²) in [6.07, 6.45) is 3.49. The molecule has 0 bridgehead atoms. The summed E-state index contributed by atoms with van der Waals surface area (Å²) in [5, 5.41) is 3.69. The highest BCUT2D eigenvalue weighted by Gasteiger charge is 2.18. The lowest BCUT2D eigenvalue weighted by Crippen LogP contribution is -2.34. The first kappa shape index (κ1) is 20.8. The number of halogens is 1. The van der Waals surface area contributed by atoms with Crippen molar-refractivity contribution in [3.05, 3.63) is 94.8 Å². The van der Waals surface area contributed by atoms with Crippen molar-refractivity contribution in [3.63, 3.8) is 0 Å². The van der Waals surface area contributed by atoms with Gasteiger partial charge in [0.05, 0.1) is 6.04 Å². The maximum absolute atomic E-state index is 12.6. The van der Waals surface area contributed by atoms with Gasteiger partial charge >= 0.3 is 0 Å². The van der Waals surface area contributed by atoms with E-state index in [2.05, 4.69) is 10.3 Å². The van der Waals surface area contributed by atoms with Crippen LogP contribution in [0.1, 0.15) is 27.5 Å². The molecule has 0 spiro atoms. The van der Waals surface area contributed by atoms with Crippen LogP contribution in [0, 0.1) is 0 Å². The van der Waals surface area contributed by atoms with Crippen LogP contribution in [0.15, 0.2) is 73.1 Å². The summed E-state index contributed by atoms with van der Waals surface area (Å²) in [7, 11) is 3.93. The first-order chi connectivity index (χ1) is 14.0. The van der Waals surface area contributed by atoms with Crippen molar-refractivity contribution >= 4 is 17.5 Å². The molecule has 3 aromatic rings. The number of rotatable bonds is 8. The fourth-order valence-electron chi connectivity index (χ4n) is 2.96. The van der Waals surface area contributed by atoms with Gasteiger partial charge in [0.15, 0.2) is 0 Å². The number of ether oxygens (including phenoxy) is 1. The largest absolute Gasteiger partial charge is 0.489 e. The highest BCUT2D eigenvalue weighted by atomic mass is 35.5. The minimum atomic E-state index is -0.136. The molecule has 0 aliphatic rings. The van der Waals surface area contributed by atoms with Crippen LogP contribution in [0.2, 0.25) is 5.02 Å². The summed E-state index contributed by atoms with van der Waals surface area (Å²) in [4.78, 5) is 18.7. The third kappa shape index (κ3) is 5.79. The van der Waals surface area contributed by atoms with Gasteiger partial charge in [-0.1, -0.05) is 35.9 Å². The summed E-state index contributed by atoms with van der Waals surface area (Å²) in [5.74, 6) is 0.565. The van der Waals surface area contributed by atoms with Crippen molar-refractivity contribution < 1.29 is 9.53 Å². The Kier molecular flexibility index (Phi) is 7.22. The highest BCUT2D eigenvalue weighted by Crippen LogP contribution is 2.25. The van der Waals surface area contributed by atoms with Crippen molar-refractivity contribution in [3.8, 4) is 5.75 Å². The third-order valence-electron chi connectivity index (χ3n) is 4.59. The van der Waals surface area contributed by atoms with Gasteiger partial charge in [-0.15, -0.1) is 0 Å². The molecule has 1 heterocycles. The van der Waals surface area contributed by atoms with E-state index in [0.29, 0.717) is 29.5 Å². The molecule has 0 fully saturated rings. The van der Waals surface area contributed by atoms with Crippen LogP contribution in [0.4, 0.5) is 0 Å². The average molecular weight is 410 g/mol. The van der Waals surface area contributed by atoms with Crippen LogP contribution in [-0.2, 0) is 6.61 Å². The van der Waals surface area contributed by atoms with Crippen LogP contribution < -0.4 is 10.1 Å². The molecule has 6 heteroatoms. The molecule has 1 aromatic heterocycles. The fraction of sp³-hybridized carbons (Fsp3) is 0.217. The number of aromatic nitrogens is 1. The molecule has 5 nitrogen and oxygen atoms in total. The topological polar surface area (TPSA) is 54.5 Å². The lowest BCUT2D eigenvalue weighted by molar-refractivity contribution is 0.0942. The molecule has 0 saturated carbocycles. The zero-order valence-corrected chi connectivity index (χ0v) is 17.3. The number of hydrogen-bond donors (Lipinski definition) is 1. The Morgan fingerprint density at radius 3 is 2.52 bits per heavy atom. The zero-order chi connectivity index (χ0) is 20.6. The standard InChI is InChI=1S/C23H24ClN3O2/c1-27(2)22(20-7-3-4-8-21(20)24)15-26-23(28)18-9-11-19(12-10-18)29-16-17-6-5-13-25-14-17/h3-14,22H,15-16H2,1-2H3,(H,26,28)/t22-/m0/s1. The van der Waals surface area contributed by atoms with E-state index in [0.717, 1.165) is 11.1 Å². The molecule has 1 atom stereocenters. The second-order valence-electron chi connectivity index (χ2n) is 6.89. The SMILES string of the molecule is CN(C)[C@@H](CNC(=O)c1ccc(OCc2cccnc2)cc1)c1ccccc1Cl. The molecule has 0 unspecified atom stereocenters. The number of nitrogens with one attached hydrogen (secondary N) is 1. The number of nitrogens with zero attached hydrogens (tertiary/aromatic N) is 2. The van der Waals surface area contributed by atoms with Crippen LogP contribution in [0.25, 0.3) is 0 Å². The van der Waals surface area contributed by atoms with Gasteiger partial charge < -0.3 is 15.0 Å². The van der Waals surface area contributed by atoms with E-state index in [-0.39, 0.29) is 11.9 Å². The lowest BCUT2D eigenvalue weighted by Gasteiger charge is -2.26. The van der Waals surface area contributed by atoms with Crippen molar-refractivity contribution in [1.82, 2.24) is 15.2 Å². The number of benzene rings is 2. The van der Waals surface area contributed by atoms with Crippen molar-refractivity contribution in [2.45, 2.75) is 12.6 Å². The van der Waals surface area contributed by atoms with Crippen molar-refractivity contribution in [2.75, 3.05) is 20.6 Å². The molecule has 1 amide bonds. The van der Waals surface area contributed by atoms with Gasteiger partial charge in [0.25, 0.3) is 5.91 Å². The highest BCUT2D eigenvalue weighted by molar-refractivity contribution is 6.31. The van der Waals surface area contributed by atoms with Gasteiger partial charge in [0.1, 0.15) is 12.4 Å². The van der Waals surface area contributed by atoms with Crippen LogP contribution in [0.5, 0.6) is 5.75 Å². The van der Waals surface area contributed by atoms with Gasteiger partial charge in [0.2, 0.25) is 0 Å². The maximum Gasteiger partial charge on any atom is 0.251 e. The number of carbonyl (C=O) groups excluding carboxylic acids is 1. The predicted molar refractivity (Wildman–Crippen MR) is 115 cm³/mol. The van der Waals surface area contributed by atoms with Gasteiger partial charge in [-0.25, -0.2) is 0 Å². The average Bonchev–Trinajstić information content (AvgIpc) is 2.74. The number of likely N-dealkylation sites (N-methyl/N-ethyl adjacent to an activating group) is 1. The van der Waals surface area contributed by atoms with Crippen molar-refractivity contribution in [1.29, 1.82) is 0 Å². The minimum Gasteiger partial charge on any atom is -0.489 e. The fourth-order valence-corrected chi connectivity index (χ4v) is 3.22. The Morgan fingerprint density at radius 1 is 1.10 bits per heavy atom. The van der Waals surface area contributed by atoms with E-state index in [1.165, 1.54) is 0 Å². The lowest BCUT2D eigenvalue weighted by atomic mass is 10.1. The minimum absolute atomic E-state index is 0.0188. The van der Waals surface area contributed by atoms with Crippen molar-refractivity contribution in [2.24, 2.45) is 0 Å². The normalized spacial score (nSPS) is 11.9.